The van der Waals surface area contributed by atoms with E-state index in [0.717, 1.165) is 22.9 Å². The lowest BCUT2D eigenvalue weighted by molar-refractivity contribution is -0.143. The van der Waals surface area contributed by atoms with E-state index in [4.69, 9.17) is 27.2 Å². The summed E-state index contributed by atoms with van der Waals surface area (Å²) in [5, 5.41) is 18.1. The largest absolute Gasteiger partial charge is 0.466 e. The van der Waals surface area contributed by atoms with Gasteiger partial charge in [-0.15, -0.1) is 0 Å². The first-order valence-electron chi connectivity index (χ1n) is 9.30. The molecule has 0 bridgehead atoms. The molecule has 7 heteroatoms. The van der Waals surface area contributed by atoms with Crippen LogP contribution in [0.15, 0.2) is 48.5 Å². The molecule has 2 rings (SSSR count). The summed E-state index contributed by atoms with van der Waals surface area (Å²) >= 11 is 6.05. The number of halogens is 1. The monoisotopic (exact) mass is 413 g/mol. The summed E-state index contributed by atoms with van der Waals surface area (Å²) in [7, 11) is 0. The van der Waals surface area contributed by atoms with E-state index in [1.807, 2.05) is 48.5 Å². The molecule has 152 valence electrons. The van der Waals surface area contributed by atoms with E-state index >= 15 is 0 Å². The molecule has 0 saturated heterocycles. The maximum Gasteiger partial charge on any atom is 0.307 e. The van der Waals surface area contributed by atoms with E-state index in [1.54, 1.807) is 6.92 Å². The highest BCUT2D eigenvalue weighted by Gasteiger charge is 2.20. The van der Waals surface area contributed by atoms with Gasteiger partial charge >= 0.3 is 5.97 Å². The third-order valence-electron chi connectivity index (χ3n) is 4.23. The van der Waals surface area contributed by atoms with Crippen LogP contribution in [0.1, 0.15) is 25.3 Å². The van der Waals surface area contributed by atoms with Crippen molar-refractivity contribution in [2.45, 2.75) is 32.2 Å². The van der Waals surface area contributed by atoms with E-state index < -0.39 is 17.9 Å². The fourth-order valence-corrected chi connectivity index (χ4v) is 3.04. The van der Waals surface area contributed by atoms with Crippen molar-refractivity contribution < 1.29 is 14.3 Å². The first kappa shape index (κ1) is 22.3. The predicted octanol–water partition coefficient (Wildman–Crippen LogP) is 4.05. The molecule has 0 aliphatic heterocycles. The Labute approximate surface area is 175 Å². The first-order valence-corrected chi connectivity index (χ1v) is 9.68. The molecule has 0 fully saturated rings. The Bertz CT molecular complexity index is 881. The number of rotatable bonds is 10. The zero-order valence-electron chi connectivity index (χ0n) is 16.2. The van der Waals surface area contributed by atoms with Crippen LogP contribution in [0.4, 0.5) is 0 Å². The van der Waals surface area contributed by atoms with Gasteiger partial charge in [-0.05, 0) is 42.2 Å². The number of ether oxygens (including phenoxy) is 1. The topological polar surface area (TPSA) is 103 Å². The van der Waals surface area contributed by atoms with Gasteiger partial charge in [0.15, 0.2) is 0 Å². The van der Waals surface area contributed by atoms with Crippen LogP contribution >= 0.6 is 11.6 Å². The normalized spacial score (nSPS) is 11.4. The van der Waals surface area contributed by atoms with Crippen LogP contribution in [0.3, 0.4) is 0 Å². The van der Waals surface area contributed by atoms with Crippen molar-refractivity contribution in [1.29, 1.82) is 10.8 Å². The summed E-state index contributed by atoms with van der Waals surface area (Å²) in [6.45, 7) is 1.98. The number of carbonyl (C=O) groups excluding carboxylic acids is 2. The summed E-state index contributed by atoms with van der Waals surface area (Å²) in [5.41, 5.74) is 2.73. The molecule has 2 aromatic rings. The molecule has 1 amide bonds. The highest BCUT2D eigenvalue weighted by atomic mass is 35.5. The van der Waals surface area contributed by atoms with Crippen LogP contribution in [0, 0.1) is 10.8 Å². The molecule has 29 heavy (non-hydrogen) atoms. The summed E-state index contributed by atoms with van der Waals surface area (Å²) in [4.78, 5) is 24.1. The van der Waals surface area contributed by atoms with Crippen molar-refractivity contribution >= 4 is 35.4 Å². The van der Waals surface area contributed by atoms with Crippen molar-refractivity contribution in [2.75, 3.05) is 6.61 Å². The van der Waals surface area contributed by atoms with Crippen LogP contribution in [-0.4, -0.2) is 36.5 Å². The Balaban J connectivity index is 2.12. The van der Waals surface area contributed by atoms with Crippen molar-refractivity contribution in [3.05, 3.63) is 59.1 Å². The molecule has 0 unspecified atom stereocenters. The minimum Gasteiger partial charge on any atom is -0.466 e. The third kappa shape index (κ3) is 7.16. The summed E-state index contributed by atoms with van der Waals surface area (Å²) in [5.74, 6) is -0.995. The fraction of sp³-hybridized carbons (Fsp3) is 0.273. The van der Waals surface area contributed by atoms with Crippen molar-refractivity contribution in [3.63, 3.8) is 0 Å². The van der Waals surface area contributed by atoms with Crippen LogP contribution in [0.2, 0.25) is 5.02 Å². The van der Waals surface area contributed by atoms with Crippen molar-refractivity contribution in [1.82, 2.24) is 5.32 Å². The van der Waals surface area contributed by atoms with Crippen LogP contribution in [0.5, 0.6) is 0 Å². The SMILES string of the molecule is CCOC(=O)C[C@@H](Cc1ccc(-c2cccc(Cl)c2)cc1)NC(=O)C(=N)CC=N. The number of esters is 1. The Morgan fingerprint density at radius 2 is 1.90 bits per heavy atom. The van der Waals surface area contributed by atoms with E-state index in [9.17, 15) is 9.59 Å². The van der Waals surface area contributed by atoms with E-state index in [-0.39, 0.29) is 25.2 Å². The zero-order valence-corrected chi connectivity index (χ0v) is 17.0. The minimum atomic E-state index is -0.585. The van der Waals surface area contributed by atoms with Gasteiger partial charge in [0.2, 0.25) is 0 Å². The number of nitrogens with one attached hydrogen (secondary N) is 3. The molecule has 0 radical (unpaired) electrons. The average molecular weight is 414 g/mol. The fourth-order valence-electron chi connectivity index (χ4n) is 2.85. The lowest BCUT2D eigenvalue weighted by atomic mass is 9.99. The Morgan fingerprint density at radius 3 is 2.52 bits per heavy atom. The van der Waals surface area contributed by atoms with Gasteiger partial charge in [0.25, 0.3) is 5.91 Å². The number of hydrogen-bond acceptors (Lipinski definition) is 5. The van der Waals surface area contributed by atoms with E-state index in [0.29, 0.717) is 11.4 Å². The van der Waals surface area contributed by atoms with Gasteiger partial charge in [-0.3, -0.25) is 15.0 Å². The number of carbonyl (C=O) groups is 2. The van der Waals surface area contributed by atoms with Crippen LogP contribution in [-0.2, 0) is 20.7 Å². The van der Waals surface area contributed by atoms with Gasteiger partial charge in [0, 0.05) is 23.7 Å². The lowest BCUT2D eigenvalue weighted by Gasteiger charge is -2.18. The lowest BCUT2D eigenvalue weighted by Crippen LogP contribution is -2.41. The number of hydrogen-bond donors (Lipinski definition) is 3. The minimum absolute atomic E-state index is 0.00743. The Morgan fingerprint density at radius 1 is 1.17 bits per heavy atom. The van der Waals surface area contributed by atoms with E-state index in [2.05, 4.69) is 5.32 Å². The first-order chi connectivity index (χ1) is 13.9. The molecule has 0 heterocycles. The molecule has 6 nitrogen and oxygen atoms in total. The predicted molar refractivity (Wildman–Crippen MR) is 115 cm³/mol. The summed E-state index contributed by atoms with van der Waals surface area (Å²) in [6, 6.07) is 14.8. The second kappa shape index (κ2) is 11.1. The molecule has 0 aromatic heterocycles. The maximum absolute atomic E-state index is 12.1. The molecule has 0 saturated carbocycles. The van der Waals surface area contributed by atoms with Crippen LogP contribution < -0.4 is 5.32 Å². The van der Waals surface area contributed by atoms with Crippen molar-refractivity contribution in [3.8, 4) is 11.1 Å². The maximum atomic E-state index is 12.1. The second-order valence-electron chi connectivity index (χ2n) is 6.48. The molecule has 3 N–H and O–H groups in total. The Kier molecular flexibility index (Phi) is 8.55. The number of benzene rings is 2. The smallest absolute Gasteiger partial charge is 0.307 e. The van der Waals surface area contributed by atoms with Crippen molar-refractivity contribution in [2.24, 2.45) is 0 Å². The third-order valence-corrected chi connectivity index (χ3v) is 4.46. The molecular weight excluding hydrogens is 390 g/mol. The van der Waals surface area contributed by atoms with Gasteiger partial charge in [-0.25, -0.2) is 0 Å². The highest BCUT2D eigenvalue weighted by Crippen LogP contribution is 2.23. The molecule has 2 aromatic carbocycles. The molecule has 0 aliphatic carbocycles. The summed E-state index contributed by atoms with van der Waals surface area (Å²) in [6.07, 6.45) is 1.37. The quantitative estimate of drug-likeness (QED) is 0.404. The summed E-state index contributed by atoms with van der Waals surface area (Å²) < 4.78 is 5.00. The molecular formula is C22H24ClN3O3. The van der Waals surface area contributed by atoms with Gasteiger partial charge in [-0.2, -0.15) is 0 Å². The highest BCUT2D eigenvalue weighted by molar-refractivity contribution is 6.39. The Hall–Kier alpha value is -2.99. The van der Waals surface area contributed by atoms with Gasteiger partial charge in [-0.1, -0.05) is 48.0 Å². The standard InChI is InChI=1S/C22H24ClN3O3/c1-2-29-21(27)14-19(26-22(28)20(25)10-11-24)12-15-6-8-16(9-7-15)17-4-3-5-18(23)13-17/h3-9,11,13,19,24-25H,2,10,12,14H2,1H3,(H,26,28)/t19-/m1/s1. The molecule has 1 atom stereocenters. The van der Waals surface area contributed by atoms with E-state index in [1.165, 1.54) is 0 Å². The zero-order chi connectivity index (χ0) is 21.2. The van der Waals surface area contributed by atoms with Gasteiger partial charge in [0.05, 0.1) is 13.0 Å². The molecule has 0 spiro atoms. The number of amides is 1. The average Bonchev–Trinajstić information content (AvgIpc) is 2.68. The second-order valence-corrected chi connectivity index (χ2v) is 6.91. The van der Waals surface area contributed by atoms with Crippen LogP contribution in [0.25, 0.3) is 11.1 Å². The van der Waals surface area contributed by atoms with Gasteiger partial charge in [0.1, 0.15) is 5.71 Å². The van der Waals surface area contributed by atoms with Gasteiger partial charge < -0.3 is 15.5 Å². The molecule has 0 aliphatic rings.